The van der Waals surface area contributed by atoms with Gasteiger partial charge >= 0.3 is 5.97 Å². The van der Waals surface area contributed by atoms with Crippen LogP contribution in [0.5, 0.6) is 11.5 Å². The fraction of sp³-hybridized carbons (Fsp3) is 0.529. The number of carboxylic acids is 1. The van der Waals surface area contributed by atoms with Gasteiger partial charge in [-0.3, -0.25) is 9.59 Å². The summed E-state index contributed by atoms with van der Waals surface area (Å²) in [5.41, 5.74) is 0.361. The van der Waals surface area contributed by atoms with E-state index in [9.17, 15) is 9.59 Å². The van der Waals surface area contributed by atoms with Crippen LogP contribution in [-0.4, -0.2) is 48.7 Å². The number of rotatable bonds is 6. The van der Waals surface area contributed by atoms with E-state index in [1.807, 2.05) is 13.8 Å². The quantitative estimate of drug-likeness (QED) is 0.849. The highest BCUT2D eigenvalue weighted by Gasteiger charge is 2.32. The molecule has 1 aliphatic heterocycles. The van der Waals surface area contributed by atoms with E-state index in [1.165, 1.54) is 18.1 Å². The molecule has 0 radical (unpaired) electrons. The zero-order chi connectivity index (χ0) is 17.9. The van der Waals surface area contributed by atoms with Crippen LogP contribution in [-0.2, 0) is 4.79 Å². The molecule has 1 aromatic carbocycles. The Morgan fingerprint density at radius 1 is 1.42 bits per heavy atom. The lowest BCUT2D eigenvalue weighted by Gasteiger charge is -2.19. The molecule has 1 saturated heterocycles. The fourth-order valence-electron chi connectivity index (χ4n) is 2.56. The molecule has 24 heavy (non-hydrogen) atoms. The fourth-order valence-corrected chi connectivity index (χ4v) is 2.83. The first kappa shape index (κ1) is 18.4. The standard InChI is InChI=1S/C17H22ClNO5/c1-10(2)9-24-15-13(18)6-12(7-14(15)23-3)16(20)19-5-4-11(8-19)17(21)22/h6-7,10-11H,4-5,8-9H2,1-3H3,(H,21,22). The third-order valence-corrected chi connectivity index (χ3v) is 4.14. The van der Waals surface area contributed by atoms with Crippen molar-refractivity contribution in [2.75, 3.05) is 26.8 Å². The molecule has 0 saturated carbocycles. The SMILES string of the molecule is COc1cc(C(=O)N2CCC(C(=O)O)C2)cc(Cl)c1OCC(C)C. The summed E-state index contributed by atoms with van der Waals surface area (Å²) >= 11 is 6.26. The van der Waals surface area contributed by atoms with Crippen LogP contribution in [0.3, 0.4) is 0 Å². The minimum Gasteiger partial charge on any atom is -0.493 e. The zero-order valence-electron chi connectivity index (χ0n) is 14.0. The van der Waals surface area contributed by atoms with Crippen LogP contribution in [0, 0.1) is 11.8 Å². The molecule has 132 valence electrons. The Bertz CT molecular complexity index is 632. The normalized spacial score (nSPS) is 17.2. The minimum absolute atomic E-state index is 0.208. The molecular weight excluding hydrogens is 334 g/mol. The van der Waals surface area contributed by atoms with Gasteiger partial charge in [0, 0.05) is 18.7 Å². The first-order valence-corrected chi connectivity index (χ1v) is 8.23. The van der Waals surface area contributed by atoms with Gasteiger partial charge in [0.2, 0.25) is 0 Å². The van der Waals surface area contributed by atoms with Crippen molar-refractivity contribution < 1.29 is 24.2 Å². The van der Waals surface area contributed by atoms with Gasteiger partial charge in [-0.15, -0.1) is 0 Å². The van der Waals surface area contributed by atoms with Gasteiger partial charge in [-0.25, -0.2) is 0 Å². The predicted octanol–water partition coefficient (Wildman–Crippen LogP) is 2.93. The van der Waals surface area contributed by atoms with Gasteiger partial charge < -0.3 is 19.5 Å². The smallest absolute Gasteiger partial charge is 0.308 e. The highest BCUT2D eigenvalue weighted by molar-refractivity contribution is 6.32. The van der Waals surface area contributed by atoms with E-state index < -0.39 is 11.9 Å². The highest BCUT2D eigenvalue weighted by atomic mass is 35.5. The topological polar surface area (TPSA) is 76.1 Å². The Morgan fingerprint density at radius 2 is 2.12 bits per heavy atom. The second kappa shape index (κ2) is 7.75. The van der Waals surface area contributed by atoms with E-state index in [1.54, 1.807) is 6.07 Å². The molecule has 0 aliphatic carbocycles. The molecule has 1 heterocycles. The molecule has 2 rings (SSSR count). The maximum absolute atomic E-state index is 12.6. The number of carbonyl (C=O) groups is 2. The molecule has 1 atom stereocenters. The molecule has 0 aromatic heterocycles. The molecule has 6 nitrogen and oxygen atoms in total. The summed E-state index contributed by atoms with van der Waals surface area (Å²) in [7, 11) is 1.48. The first-order valence-electron chi connectivity index (χ1n) is 7.85. The van der Waals surface area contributed by atoms with Crippen LogP contribution < -0.4 is 9.47 Å². The summed E-state index contributed by atoms with van der Waals surface area (Å²) in [4.78, 5) is 25.2. The molecule has 1 unspecified atom stereocenters. The van der Waals surface area contributed by atoms with Crippen LogP contribution in [0.4, 0.5) is 0 Å². The van der Waals surface area contributed by atoms with Gasteiger partial charge in [0.1, 0.15) is 0 Å². The number of amides is 1. The average molecular weight is 356 g/mol. The van der Waals surface area contributed by atoms with E-state index >= 15 is 0 Å². The summed E-state index contributed by atoms with van der Waals surface area (Å²) in [6.07, 6.45) is 0.460. The van der Waals surface area contributed by atoms with Gasteiger partial charge in [-0.2, -0.15) is 0 Å². The maximum Gasteiger partial charge on any atom is 0.308 e. The number of ether oxygens (including phenoxy) is 2. The van der Waals surface area contributed by atoms with Gasteiger partial charge in [-0.1, -0.05) is 25.4 Å². The largest absolute Gasteiger partial charge is 0.493 e. The predicted molar refractivity (Wildman–Crippen MR) is 90.0 cm³/mol. The van der Waals surface area contributed by atoms with Crippen molar-refractivity contribution in [1.29, 1.82) is 0 Å². The minimum atomic E-state index is -0.877. The van der Waals surface area contributed by atoms with E-state index in [4.69, 9.17) is 26.2 Å². The number of benzene rings is 1. The molecular formula is C17H22ClNO5. The van der Waals surface area contributed by atoms with E-state index in [2.05, 4.69) is 0 Å². The molecule has 1 aliphatic rings. The molecule has 1 aromatic rings. The monoisotopic (exact) mass is 355 g/mol. The number of likely N-dealkylation sites (tertiary alicyclic amines) is 1. The molecule has 0 spiro atoms. The first-order chi connectivity index (χ1) is 11.3. The Labute approximate surface area is 146 Å². The number of hydrogen-bond donors (Lipinski definition) is 1. The van der Waals surface area contributed by atoms with Crippen LogP contribution in [0.15, 0.2) is 12.1 Å². The third kappa shape index (κ3) is 4.12. The van der Waals surface area contributed by atoms with Crippen molar-refractivity contribution >= 4 is 23.5 Å². The van der Waals surface area contributed by atoms with Crippen molar-refractivity contribution in [2.45, 2.75) is 20.3 Å². The number of carboxylic acid groups (broad SMARTS) is 1. The van der Waals surface area contributed by atoms with Crippen molar-refractivity contribution in [3.8, 4) is 11.5 Å². The van der Waals surface area contributed by atoms with Gasteiger partial charge in [-0.05, 0) is 24.5 Å². The summed E-state index contributed by atoms with van der Waals surface area (Å²) in [5, 5.41) is 9.35. The second-order valence-corrected chi connectivity index (χ2v) is 6.68. The van der Waals surface area contributed by atoms with Crippen molar-refractivity contribution in [2.24, 2.45) is 11.8 Å². The van der Waals surface area contributed by atoms with Gasteiger partial charge in [0.25, 0.3) is 5.91 Å². The Morgan fingerprint density at radius 3 is 2.67 bits per heavy atom. The lowest BCUT2D eigenvalue weighted by atomic mass is 10.1. The van der Waals surface area contributed by atoms with Gasteiger partial charge in [0.15, 0.2) is 11.5 Å². The van der Waals surface area contributed by atoms with Crippen LogP contribution in [0.1, 0.15) is 30.6 Å². The third-order valence-electron chi connectivity index (χ3n) is 3.86. The Hall–Kier alpha value is -1.95. The van der Waals surface area contributed by atoms with E-state index in [0.717, 1.165) is 0 Å². The summed E-state index contributed by atoms with van der Waals surface area (Å²) in [5.74, 6) is -0.521. The van der Waals surface area contributed by atoms with Crippen molar-refractivity contribution in [3.05, 3.63) is 22.7 Å². The Balaban J connectivity index is 2.20. The molecule has 1 N–H and O–H groups in total. The summed E-state index contributed by atoms with van der Waals surface area (Å²) in [6, 6.07) is 3.12. The van der Waals surface area contributed by atoms with Crippen molar-refractivity contribution in [1.82, 2.24) is 4.90 Å². The van der Waals surface area contributed by atoms with E-state index in [0.29, 0.717) is 47.6 Å². The molecule has 0 bridgehead atoms. The van der Waals surface area contributed by atoms with Crippen LogP contribution >= 0.6 is 11.6 Å². The average Bonchev–Trinajstić information content (AvgIpc) is 3.02. The lowest BCUT2D eigenvalue weighted by Crippen LogP contribution is -2.30. The number of halogens is 1. The number of nitrogens with zero attached hydrogens (tertiary/aromatic N) is 1. The van der Waals surface area contributed by atoms with Crippen LogP contribution in [0.2, 0.25) is 5.02 Å². The van der Waals surface area contributed by atoms with Crippen LogP contribution in [0.25, 0.3) is 0 Å². The summed E-state index contributed by atoms with van der Waals surface area (Å²) in [6.45, 7) is 5.14. The van der Waals surface area contributed by atoms with Gasteiger partial charge in [0.05, 0.1) is 24.7 Å². The Kier molecular flexibility index (Phi) is 5.94. The van der Waals surface area contributed by atoms with E-state index in [-0.39, 0.29) is 12.5 Å². The molecule has 7 heteroatoms. The maximum atomic E-state index is 12.6. The number of methoxy groups -OCH3 is 1. The molecule has 1 fully saturated rings. The summed E-state index contributed by atoms with van der Waals surface area (Å²) < 4.78 is 11.0. The number of hydrogen-bond acceptors (Lipinski definition) is 4. The lowest BCUT2D eigenvalue weighted by molar-refractivity contribution is -0.141. The number of carbonyl (C=O) groups excluding carboxylic acids is 1. The zero-order valence-corrected chi connectivity index (χ0v) is 14.8. The van der Waals surface area contributed by atoms with Crippen molar-refractivity contribution in [3.63, 3.8) is 0 Å². The number of aliphatic carboxylic acids is 1. The highest BCUT2D eigenvalue weighted by Crippen LogP contribution is 2.37. The second-order valence-electron chi connectivity index (χ2n) is 6.27. The molecule has 1 amide bonds.